The first-order chi connectivity index (χ1) is 14.2. The minimum Gasteiger partial charge on any atom is -0.480 e. The molecule has 8 nitrogen and oxygen atoms in total. The van der Waals surface area contributed by atoms with Gasteiger partial charge in [-0.25, -0.2) is 4.79 Å². The van der Waals surface area contributed by atoms with E-state index in [9.17, 15) is 19.5 Å². The lowest BCUT2D eigenvalue weighted by Crippen LogP contribution is -2.59. The molecule has 6 N–H and O–H groups in total. The number of hydrogen-bond acceptors (Lipinski definition) is 6. The largest absolute Gasteiger partial charge is 0.480 e. The van der Waals surface area contributed by atoms with Gasteiger partial charge in [-0.1, -0.05) is 32.0 Å². The number of para-hydroxylation sites is 1. The number of aromatic nitrogens is 1. The van der Waals surface area contributed by atoms with Crippen molar-refractivity contribution in [2.45, 2.75) is 44.8 Å². The van der Waals surface area contributed by atoms with Crippen molar-refractivity contribution < 1.29 is 19.5 Å². The molecule has 2 rings (SSSR count). The Kier molecular flexibility index (Phi) is 8.45. The number of rotatable bonds is 10. The number of imide groups is 1. The molecule has 0 bridgehead atoms. The van der Waals surface area contributed by atoms with Gasteiger partial charge in [0, 0.05) is 23.5 Å². The van der Waals surface area contributed by atoms with Crippen molar-refractivity contribution in [3.05, 3.63) is 36.0 Å². The minimum atomic E-state index is -1.41. The summed E-state index contributed by atoms with van der Waals surface area (Å²) >= 11 is 1.52. The molecule has 0 aliphatic carbocycles. The van der Waals surface area contributed by atoms with E-state index in [1.54, 1.807) is 20.0 Å². The lowest BCUT2D eigenvalue weighted by Gasteiger charge is -2.32. The van der Waals surface area contributed by atoms with Gasteiger partial charge >= 0.3 is 5.97 Å². The quantitative estimate of drug-likeness (QED) is 0.445. The van der Waals surface area contributed by atoms with Gasteiger partial charge in [0.15, 0.2) is 0 Å². The second kappa shape index (κ2) is 10.6. The Hall–Kier alpha value is -2.36. The lowest BCUT2D eigenvalue weighted by atomic mass is 9.98. The summed E-state index contributed by atoms with van der Waals surface area (Å²) < 4.78 is 0. The standard InChI is InChI=1S/C21H30N4O4S/c1-12(2)18(23)20(27)25(19(26)15(22)8-9-30-3)17(21(28)29)10-13-11-24-16-7-5-4-6-14(13)16/h4-7,11-12,15,17-18,24H,8-10,22-23H2,1-3H3,(H,28,29). The number of aliphatic carboxylic acids is 1. The number of nitrogens with one attached hydrogen (secondary N) is 1. The molecular weight excluding hydrogens is 404 g/mol. The van der Waals surface area contributed by atoms with Crippen LogP contribution in [0.1, 0.15) is 25.8 Å². The molecule has 1 aromatic carbocycles. The molecule has 9 heteroatoms. The molecule has 3 atom stereocenters. The number of H-pyrrole nitrogens is 1. The van der Waals surface area contributed by atoms with Crippen molar-refractivity contribution in [2.24, 2.45) is 17.4 Å². The fourth-order valence-electron chi connectivity index (χ4n) is 3.21. The molecule has 164 valence electrons. The number of carboxylic acid groups (broad SMARTS) is 1. The van der Waals surface area contributed by atoms with Crippen LogP contribution in [0.3, 0.4) is 0 Å². The maximum atomic E-state index is 13.1. The Labute approximate surface area is 180 Å². The first-order valence-corrected chi connectivity index (χ1v) is 11.2. The second-order valence-corrected chi connectivity index (χ2v) is 8.61. The number of carbonyl (C=O) groups is 3. The molecule has 3 unspecified atom stereocenters. The number of nitrogens with two attached hydrogens (primary N) is 2. The molecule has 1 heterocycles. The smallest absolute Gasteiger partial charge is 0.327 e. The van der Waals surface area contributed by atoms with Crippen LogP contribution in [0.15, 0.2) is 30.5 Å². The van der Waals surface area contributed by atoms with E-state index in [1.165, 1.54) is 11.8 Å². The highest BCUT2D eigenvalue weighted by atomic mass is 32.2. The highest BCUT2D eigenvalue weighted by Gasteiger charge is 2.40. The topological polar surface area (TPSA) is 143 Å². The van der Waals surface area contributed by atoms with Crippen LogP contribution in [0, 0.1) is 5.92 Å². The zero-order valence-electron chi connectivity index (χ0n) is 17.5. The van der Waals surface area contributed by atoms with E-state index in [4.69, 9.17) is 11.5 Å². The number of carbonyl (C=O) groups excluding carboxylic acids is 2. The van der Waals surface area contributed by atoms with Crippen LogP contribution < -0.4 is 11.5 Å². The van der Waals surface area contributed by atoms with E-state index in [-0.39, 0.29) is 12.3 Å². The number of benzene rings is 1. The zero-order valence-corrected chi connectivity index (χ0v) is 18.3. The number of thioether (sulfide) groups is 1. The Morgan fingerprint density at radius 3 is 2.43 bits per heavy atom. The Morgan fingerprint density at radius 2 is 1.83 bits per heavy atom. The molecule has 0 saturated carbocycles. The van der Waals surface area contributed by atoms with Gasteiger partial charge in [0.25, 0.3) is 0 Å². The lowest BCUT2D eigenvalue weighted by molar-refractivity contribution is -0.159. The van der Waals surface area contributed by atoms with Crippen molar-refractivity contribution in [3.63, 3.8) is 0 Å². The van der Waals surface area contributed by atoms with E-state index in [0.29, 0.717) is 17.7 Å². The molecule has 2 amide bonds. The van der Waals surface area contributed by atoms with Gasteiger partial charge in [0.2, 0.25) is 11.8 Å². The van der Waals surface area contributed by atoms with Gasteiger partial charge < -0.3 is 21.6 Å². The summed E-state index contributed by atoms with van der Waals surface area (Å²) in [6.45, 7) is 3.49. The fourth-order valence-corrected chi connectivity index (χ4v) is 3.70. The summed E-state index contributed by atoms with van der Waals surface area (Å²) in [5.41, 5.74) is 13.6. The molecule has 0 saturated heterocycles. The summed E-state index contributed by atoms with van der Waals surface area (Å²) in [6.07, 6.45) is 3.87. The van der Waals surface area contributed by atoms with Crippen LogP contribution in [-0.2, 0) is 20.8 Å². The van der Waals surface area contributed by atoms with E-state index < -0.39 is 35.9 Å². The predicted molar refractivity (Wildman–Crippen MR) is 119 cm³/mol. The Morgan fingerprint density at radius 1 is 1.17 bits per heavy atom. The van der Waals surface area contributed by atoms with E-state index in [2.05, 4.69) is 4.98 Å². The number of amides is 2. The third-order valence-electron chi connectivity index (χ3n) is 5.11. The number of fused-ring (bicyclic) bond motifs is 1. The van der Waals surface area contributed by atoms with Crippen LogP contribution in [-0.4, -0.2) is 62.9 Å². The molecule has 30 heavy (non-hydrogen) atoms. The van der Waals surface area contributed by atoms with Crippen LogP contribution in [0.5, 0.6) is 0 Å². The van der Waals surface area contributed by atoms with Crippen LogP contribution in [0.25, 0.3) is 10.9 Å². The number of hydrogen-bond donors (Lipinski definition) is 4. The average molecular weight is 435 g/mol. The van der Waals surface area contributed by atoms with Gasteiger partial charge in [0.1, 0.15) is 6.04 Å². The monoisotopic (exact) mass is 434 g/mol. The maximum absolute atomic E-state index is 13.1. The molecule has 2 aromatic rings. The first kappa shape index (κ1) is 23.9. The van der Waals surface area contributed by atoms with Crippen molar-refractivity contribution in [2.75, 3.05) is 12.0 Å². The molecule has 0 aliphatic rings. The molecule has 1 aromatic heterocycles. The van der Waals surface area contributed by atoms with Crippen LogP contribution in [0.4, 0.5) is 0 Å². The summed E-state index contributed by atoms with van der Waals surface area (Å²) in [5.74, 6) is -2.36. The third-order valence-corrected chi connectivity index (χ3v) is 5.76. The van der Waals surface area contributed by atoms with E-state index >= 15 is 0 Å². The molecule has 0 fully saturated rings. The predicted octanol–water partition coefficient (Wildman–Crippen LogP) is 1.58. The maximum Gasteiger partial charge on any atom is 0.327 e. The molecule has 0 aliphatic heterocycles. The first-order valence-electron chi connectivity index (χ1n) is 9.83. The van der Waals surface area contributed by atoms with Crippen molar-refractivity contribution in [3.8, 4) is 0 Å². The SMILES string of the molecule is CSCCC(N)C(=O)N(C(=O)C(N)C(C)C)C(Cc1c[nH]c2ccccc12)C(=O)O. The third kappa shape index (κ3) is 5.41. The van der Waals surface area contributed by atoms with Crippen LogP contribution in [0.2, 0.25) is 0 Å². The number of carboxylic acids is 1. The highest BCUT2D eigenvalue weighted by Crippen LogP contribution is 2.22. The number of aromatic amines is 1. The van der Waals surface area contributed by atoms with Crippen molar-refractivity contribution in [1.82, 2.24) is 9.88 Å². The van der Waals surface area contributed by atoms with Crippen LogP contribution >= 0.6 is 11.8 Å². The van der Waals surface area contributed by atoms with Gasteiger partial charge in [-0.15, -0.1) is 0 Å². The Balaban J connectivity index is 2.44. The van der Waals surface area contributed by atoms with Gasteiger partial charge in [0.05, 0.1) is 12.1 Å². The Bertz CT molecular complexity index is 898. The molecule has 0 spiro atoms. The summed E-state index contributed by atoms with van der Waals surface area (Å²) in [4.78, 5) is 42.3. The van der Waals surface area contributed by atoms with Crippen molar-refractivity contribution in [1.29, 1.82) is 0 Å². The summed E-state index contributed by atoms with van der Waals surface area (Å²) in [5, 5.41) is 10.8. The fraction of sp³-hybridized carbons (Fsp3) is 0.476. The molecular formula is C21H30N4O4S. The van der Waals surface area contributed by atoms with E-state index in [0.717, 1.165) is 15.8 Å². The zero-order chi connectivity index (χ0) is 22.4. The van der Waals surface area contributed by atoms with Crippen molar-refractivity contribution >= 4 is 40.4 Å². The van der Waals surface area contributed by atoms with Gasteiger partial charge in [-0.2, -0.15) is 11.8 Å². The second-order valence-electron chi connectivity index (χ2n) is 7.62. The highest BCUT2D eigenvalue weighted by molar-refractivity contribution is 7.98. The van der Waals surface area contributed by atoms with Gasteiger partial charge in [-0.3, -0.25) is 14.5 Å². The van der Waals surface area contributed by atoms with Gasteiger partial charge in [-0.05, 0) is 36.0 Å². The van der Waals surface area contributed by atoms with E-state index in [1.807, 2.05) is 30.5 Å². The number of nitrogens with zero attached hydrogens (tertiary/aromatic N) is 1. The minimum absolute atomic E-state index is 0.0448. The molecule has 0 radical (unpaired) electrons. The summed E-state index contributed by atoms with van der Waals surface area (Å²) in [7, 11) is 0. The summed E-state index contributed by atoms with van der Waals surface area (Å²) in [6, 6.07) is 4.04. The average Bonchev–Trinajstić information content (AvgIpc) is 3.13. The normalized spacial score (nSPS) is 14.5.